The Bertz CT molecular complexity index is 453. The fourth-order valence-electron chi connectivity index (χ4n) is 1.64. The van der Waals surface area contributed by atoms with Crippen molar-refractivity contribution in [1.82, 2.24) is 5.32 Å². The molecule has 0 spiro atoms. The predicted molar refractivity (Wildman–Crippen MR) is 86.5 cm³/mol. The highest BCUT2D eigenvalue weighted by atomic mass is 35.5. The van der Waals surface area contributed by atoms with Crippen LogP contribution in [-0.2, 0) is 11.3 Å². The highest BCUT2D eigenvalue weighted by Crippen LogP contribution is 2.29. The summed E-state index contributed by atoms with van der Waals surface area (Å²) in [4.78, 5) is 0. The normalized spacial score (nSPS) is 11.5. The molecule has 1 rings (SSSR count). The average Bonchev–Trinajstić information content (AvgIpc) is 2.50. The average molecular weight is 334 g/mol. The Morgan fingerprint density at radius 3 is 2.76 bits per heavy atom. The van der Waals surface area contributed by atoms with Gasteiger partial charge in [-0.15, -0.1) is 0 Å². The quantitative estimate of drug-likeness (QED) is 0.665. The molecule has 0 aromatic heterocycles. The van der Waals surface area contributed by atoms with Crippen molar-refractivity contribution in [2.75, 3.05) is 33.5 Å². The van der Waals surface area contributed by atoms with Crippen LogP contribution in [0.2, 0.25) is 0 Å². The lowest BCUT2D eigenvalue weighted by Gasteiger charge is -2.13. The number of nitrogens with one attached hydrogen (secondary N) is 1. The molecule has 0 radical (unpaired) electrons. The van der Waals surface area contributed by atoms with Gasteiger partial charge in [-0.25, -0.2) is 0 Å². The number of ether oxygens (including phenoxy) is 3. The molecule has 0 saturated carbocycles. The summed E-state index contributed by atoms with van der Waals surface area (Å²) in [5.74, 6) is 1.34. The molecule has 0 aliphatic carbocycles. The molecule has 0 aliphatic heterocycles. The van der Waals surface area contributed by atoms with Gasteiger partial charge in [0.2, 0.25) is 0 Å². The van der Waals surface area contributed by atoms with Crippen LogP contribution in [0.1, 0.15) is 12.5 Å². The van der Waals surface area contributed by atoms with Gasteiger partial charge in [-0.2, -0.15) is 0 Å². The second-order valence-electron chi connectivity index (χ2n) is 4.23. The number of hydrogen-bond donors (Lipinski definition) is 1. The Morgan fingerprint density at radius 2 is 2.10 bits per heavy atom. The van der Waals surface area contributed by atoms with Crippen molar-refractivity contribution >= 4 is 23.2 Å². The van der Waals surface area contributed by atoms with Gasteiger partial charge in [0.15, 0.2) is 11.5 Å². The zero-order chi connectivity index (χ0) is 15.5. The lowest BCUT2D eigenvalue weighted by atomic mass is 10.2. The molecule has 21 heavy (non-hydrogen) atoms. The minimum Gasteiger partial charge on any atom is -0.490 e. The molecule has 1 aromatic carbocycles. The maximum Gasteiger partial charge on any atom is 0.161 e. The first kappa shape index (κ1) is 18.1. The molecule has 118 valence electrons. The summed E-state index contributed by atoms with van der Waals surface area (Å²) < 4.78 is 16.2. The molecule has 0 saturated heterocycles. The smallest absolute Gasteiger partial charge is 0.161 e. The number of hydrogen-bond acceptors (Lipinski definition) is 4. The van der Waals surface area contributed by atoms with E-state index in [1.165, 1.54) is 5.54 Å². The molecule has 0 bridgehead atoms. The summed E-state index contributed by atoms with van der Waals surface area (Å²) in [6.45, 7) is 4.94. The van der Waals surface area contributed by atoms with Gasteiger partial charge in [0, 0.05) is 25.7 Å². The molecule has 0 heterocycles. The van der Waals surface area contributed by atoms with Crippen LogP contribution in [0.5, 0.6) is 11.5 Å². The lowest BCUT2D eigenvalue weighted by Crippen LogP contribution is -2.18. The molecule has 0 atom stereocenters. The highest BCUT2D eigenvalue weighted by molar-refractivity contribution is 6.36. The third-order valence-electron chi connectivity index (χ3n) is 2.60. The van der Waals surface area contributed by atoms with E-state index in [0.29, 0.717) is 29.7 Å². The van der Waals surface area contributed by atoms with E-state index in [9.17, 15) is 0 Å². The van der Waals surface area contributed by atoms with Crippen molar-refractivity contribution < 1.29 is 14.2 Å². The molecule has 0 aliphatic rings. The minimum atomic E-state index is 0.219. The molecule has 1 aromatic rings. The number of rotatable bonds is 10. The summed E-state index contributed by atoms with van der Waals surface area (Å²) >= 11 is 11.3. The molecule has 0 fully saturated rings. The largest absolute Gasteiger partial charge is 0.490 e. The molecular weight excluding hydrogens is 313 g/mol. The maximum atomic E-state index is 5.82. The maximum absolute atomic E-state index is 5.82. The Morgan fingerprint density at radius 1 is 1.29 bits per heavy atom. The van der Waals surface area contributed by atoms with Gasteiger partial charge in [0.1, 0.15) is 6.61 Å². The van der Waals surface area contributed by atoms with Crippen LogP contribution < -0.4 is 14.8 Å². The van der Waals surface area contributed by atoms with Gasteiger partial charge in [0.25, 0.3) is 0 Å². The summed E-state index contributed by atoms with van der Waals surface area (Å²) in [6.07, 6.45) is 0. The van der Waals surface area contributed by atoms with Gasteiger partial charge in [-0.05, 0) is 24.6 Å². The Hall–Kier alpha value is -0.940. The molecule has 6 heteroatoms. The van der Waals surface area contributed by atoms with Crippen LogP contribution in [0, 0.1) is 0 Å². The van der Waals surface area contributed by atoms with Gasteiger partial charge in [0.05, 0.1) is 18.2 Å². The van der Waals surface area contributed by atoms with Crippen LogP contribution in [0.25, 0.3) is 0 Å². The summed E-state index contributed by atoms with van der Waals surface area (Å²) in [6, 6.07) is 5.81. The second-order valence-corrected chi connectivity index (χ2v) is 4.93. The molecule has 1 N–H and O–H groups in total. The Balaban J connectivity index is 2.66. The van der Waals surface area contributed by atoms with Crippen LogP contribution in [-0.4, -0.2) is 33.5 Å². The third kappa shape index (κ3) is 7.05. The summed E-state index contributed by atoms with van der Waals surface area (Å²) in [7, 11) is 1.68. The van der Waals surface area contributed by atoms with Crippen molar-refractivity contribution in [2.24, 2.45) is 0 Å². The van der Waals surface area contributed by atoms with E-state index in [4.69, 9.17) is 37.4 Å². The van der Waals surface area contributed by atoms with Crippen molar-refractivity contribution in [3.8, 4) is 11.5 Å². The van der Waals surface area contributed by atoms with Crippen molar-refractivity contribution in [1.29, 1.82) is 0 Å². The third-order valence-corrected chi connectivity index (χ3v) is 3.20. The van der Waals surface area contributed by atoms with Crippen LogP contribution in [0.15, 0.2) is 28.8 Å². The fourth-order valence-corrected chi connectivity index (χ4v) is 1.75. The fraction of sp³-hybridized carbons (Fsp3) is 0.467. The number of methoxy groups -OCH3 is 1. The Kier molecular flexibility index (Phi) is 9.26. The first-order valence-corrected chi connectivity index (χ1v) is 7.55. The van der Waals surface area contributed by atoms with E-state index in [1.54, 1.807) is 7.11 Å². The molecule has 0 amide bonds. The zero-order valence-electron chi connectivity index (χ0n) is 12.3. The van der Waals surface area contributed by atoms with Gasteiger partial charge >= 0.3 is 0 Å². The van der Waals surface area contributed by atoms with Crippen LogP contribution in [0.3, 0.4) is 0 Å². The first-order chi connectivity index (χ1) is 10.2. The molecule has 0 unspecified atom stereocenters. The Labute approximate surface area is 136 Å². The SMILES string of the molecule is CCOc1cc(CNCCOC)ccc1OCC(Cl)=CCl. The van der Waals surface area contributed by atoms with Crippen molar-refractivity contribution in [3.05, 3.63) is 34.3 Å². The summed E-state index contributed by atoms with van der Waals surface area (Å²) in [5.41, 5.74) is 2.40. The van der Waals surface area contributed by atoms with Gasteiger partial charge in [-0.1, -0.05) is 29.3 Å². The van der Waals surface area contributed by atoms with E-state index < -0.39 is 0 Å². The van der Waals surface area contributed by atoms with Gasteiger partial charge in [-0.3, -0.25) is 0 Å². The second kappa shape index (κ2) is 10.7. The monoisotopic (exact) mass is 333 g/mol. The minimum absolute atomic E-state index is 0.219. The molecular formula is C15H21Cl2NO3. The number of halogens is 2. The van der Waals surface area contributed by atoms with E-state index in [-0.39, 0.29) is 6.61 Å². The topological polar surface area (TPSA) is 39.7 Å². The number of benzene rings is 1. The van der Waals surface area contributed by atoms with Crippen LogP contribution >= 0.6 is 23.2 Å². The van der Waals surface area contributed by atoms with E-state index in [0.717, 1.165) is 18.7 Å². The van der Waals surface area contributed by atoms with Crippen molar-refractivity contribution in [3.63, 3.8) is 0 Å². The van der Waals surface area contributed by atoms with E-state index in [1.807, 2.05) is 25.1 Å². The standard InChI is InChI=1S/C15H21Cl2NO3/c1-3-20-15-8-12(10-18-6-7-19-2)4-5-14(15)21-11-13(17)9-16/h4-5,8-9,18H,3,6-7,10-11H2,1-2H3. The molecule has 4 nitrogen and oxygen atoms in total. The first-order valence-electron chi connectivity index (χ1n) is 6.74. The van der Waals surface area contributed by atoms with E-state index in [2.05, 4.69) is 5.32 Å². The summed E-state index contributed by atoms with van der Waals surface area (Å²) in [5, 5.41) is 3.72. The zero-order valence-corrected chi connectivity index (χ0v) is 13.8. The van der Waals surface area contributed by atoms with Gasteiger partial charge < -0.3 is 19.5 Å². The predicted octanol–water partition coefficient (Wildman–Crippen LogP) is 3.52. The highest BCUT2D eigenvalue weighted by Gasteiger charge is 2.07. The van der Waals surface area contributed by atoms with Crippen molar-refractivity contribution in [2.45, 2.75) is 13.5 Å². The van der Waals surface area contributed by atoms with E-state index >= 15 is 0 Å². The lowest BCUT2D eigenvalue weighted by molar-refractivity contribution is 0.199. The van der Waals surface area contributed by atoms with Crippen LogP contribution in [0.4, 0.5) is 0 Å².